The average molecular weight is 443 g/mol. The van der Waals surface area contributed by atoms with Crippen LogP contribution >= 0.6 is 23.2 Å². The van der Waals surface area contributed by atoms with Crippen LogP contribution in [-0.2, 0) is 14.3 Å². The number of halogens is 2. The van der Waals surface area contributed by atoms with Crippen molar-refractivity contribution < 1.29 is 19.1 Å². The molecule has 1 saturated heterocycles. The number of amides is 3. The van der Waals surface area contributed by atoms with Crippen LogP contribution in [0.3, 0.4) is 0 Å². The summed E-state index contributed by atoms with van der Waals surface area (Å²) in [5.74, 6) is -0.981. The minimum atomic E-state index is -0.594. The summed E-state index contributed by atoms with van der Waals surface area (Å²) in [7, 11) is 1.47. The highest BCUT2D eigenvalue weighted by atomic mass is 35.5. The lowest BCUT2D eigenvalue weighted by molar-refractivity contribution is -0.226. The van der Waals surface area contributed by atoms with Gasteiger partial charge >= 0.3 is 6.03 Å². The van der Waals surface area contributed by atoms with Gasteiger partial charge in [-0.25, -0.2) is 4.79 Å². The highest BCUT2D eigenvalue weighted by Crippen LogP contribution is 2.43. The molecule has 1 aromatic rings. The highest BCUT2D eigenvalue weighted by molar-refractivity contribution is 6.42. The third kappa shape index (κ3) is 5.85. The molecule has 0 spiro atoms. The number of hydrogen-bond donors (Lipinski definition) is 2. The van der Waals surface area contributed by atoms with E-state index >= 15 is 0 Å². The molecule has 1 heterocycles. The SMILES string of the molecule is CNC(=O)NC(=O)C(CC1(OC2CCCCO2)CCCC1)c1ccc(Cl)c(Cl)c1. The van der Waals surface area contributed by atoms with E-state index in [1.807, 2.05) is 0 Å². The smallest absolute Gasteiger partial charge is 0.321 e. The Labute approximate surface area is 181 Å². The van der Waals surface area contributed by atoms with E-state index in [0.29, 0.717) is 28.6 Å². The van der Waals surface area contributed by atoms with Crippen molar-refractivity contribution in [1.82, 2.24) is 10.6 Å². The van der Waals surface area contributed by atoms with Crippen molar-refractivity contribution in [2.45, 2.75) is 69.2 Å². The van der Waals surface area contributed by atoms with E-state index in [1.54, 1.807) is 18.2 Å². The largest absolute Gasteiger partial charge is 0.353 e. The monoisotopic (exact) mass is 442 g/mol. The normalized spacial score (nSPS) is 22.1. The number of rotatable bonds is 6. The average Bonchev–Trinajstić information content (AvgIpc) is 3.17. The second-order valence-electron chi connectivity index (χ2n) is 7.80. The molecule has 2 aliphatic rings. The predicted molar refractivity (Wildman–Crippen MR) is 112 cm³/mol. The second-order valence-corrected chi connectivity index (χ2v) is 8.62. The van der Waals surface area contributed by atoms with Crippen molar-refractivity contribution in [3.63, 3.8) is 0 Å². The van der Waals surface area contributed by atoms with Gasteiger partial charge in [-0.15, -0.1) is 0 Å². The van der Waals surface area contributed by atoms with Gasteiger partial charge in [0.25, 0.3) is 0 Å². The fourth-order valence-electron chi connectivity index (χ4n) is 4.20. The molecule has 1 aromatic carbocycles. The van der Waals surface area contributed by atoms with Crippen LogP contribution in [0.4, 0.5) is 4.79 Å². The Morgan fingerprint density at radius 1 is 1.21 bits per heavy atom. The van der Waals surface area contributed by atoms with Gasteiger partial charge in [0, 0.05) is 13.7 Å². The molecule has 2 N–H and O–H groups in total. The van der Waals surface area contributed by atoms with Crippen molar-refractivity contribution >= 4 is 35.1 Å². The maximum Gasteiger partial charge on any atom is 0.321 e. The van der Waals surface area contributed by atoms with E-state index < -0.39 is 17.6 Å². The number of hydrogen-bond acceptors (Lipinski definition) is 4. The zero-order valence-corrected chi connectivity index (χ0v) is 18.2. The van der Waals surface area contributed by atoms with Gasteiger partial charge in [0.15, 0.2) is 6.29 Å². The predicted octanol–water partition coefficient (Wildman–Crippen LogP) is 4.78. The topological polar surface area (TPSA) is 76.7 Å². The molecular weight excluding hydrogens is 415 g/mol. The first-order chi connectivity index (χ1) is 13.9. The Balaban J connectivity index is 1.85. The molecular formula is C21H28Cl2N2O4. The molecule has 0 radical (unpaired) electrons. The molecule has 1 aliphatic heterocycles. The number of carbonyl (C=O) groups is 2. The van der Waals surface area contributed by atoms with Gasteiger partial charge in [0.1, 0.15) is 0 Å². The summed E-state index contributed by atoms with van der Waals surface area (Å²) in [6.45, 7) is 0.703. The van der Waals surface area contributed by atoms with Crippen LogP contribution in [0.15, 0.2) is 18.2 Å². The zero-order chi connectivity index (χ0) is 20.9. The molecule has 160 valence electrons. The van der Waals surface area contributed by atoms with Gasteiger partial charge in [-0.1, -0.05) is 42.1 Å². The first-order valence-electron chi connectivity index (χ1n) is 10.2. The minimum Gasteiger partial charge on any atom is -0.353 e. The molecule has 0 aromatic heterocycles. The molecule has 3 rings (SSSR count). The van der Waals surface area contributed by atoms with Gasteiger partial charge in [-0.2, -0.15) is 0 Å². The third-order valence-corrected chi connectivity index (χ3v) is 6.48. The lowest BCUT2D eigenvalue weighted by atomic mass is 9.84. The Bertz CT molecular complexity index is 731. The van der Waals surface area contributed by atoms with E-state index in [9.17, 15) is 9.59 Å². The third-order valence-electron chi connectivity index (χ3n) is 5.74. The van der Waals surface area contributed by atoms with Gasteiger partial charge in [-0.3, -0.25) is 10.1 Å². The van der Waals surface area contributed by atoms with Crippen molar-refractivity contribution in [1.29, 1.82) is 0 Å². The summed E-state index contributed by atoms with van der Waals surface area (Å²) in [5, 5.41) is 5.62. The van der Waals surface area contributed by atoms with Crippen LogP contribution in [0, 0.1) is 0 Å². The zero-order valence-electron chi connectivity index (χ0n) is 16.6. The summed E-state index contributed by atoms with van der Waals surface area (Å²) >= 11 is 12.3. The Hall–Kier alpha value is -1.34. The molecule has 8 heteroatoms. The van der Waals surface area contributed by atoms with Crippen LogP contribution in [0.25, 0.3) is 0 Å². The van der Waals surface area contributed by atoms with E-state index in [2.05, 4.69) is 10.6 Å². The van der Waals surface area contributed by atoms with Crippen molar-refractivity contribution in [2.75, 3.05) is 13.7 Å². The van der Waals surface area contributed by atoms with Crippen molar-refractivity contribution in [2.24, 2.45) is 0 Å². The van der Waals surface area contributed by atoms with Crippen molar-refractivity contribution in [3.05, 3.63) is 33.8 Å². The van der Waals surface area contributed by atoms with Crippen LogP contribution in [0.5, 0.6) is 0 Å². The van der Waals surface area contributed by atoms with Crippen LogP contribution < -0.4 is 10.6 Å². The van der Waals surface area contributed by atoms with E-state index in [-0.39, 0.29) is 12.2 Å². The van der Waals surface area contributed by atoms with Gasteiger partial charge in [0.2, 0.25) is 5.91 Å². The van der Waals surface area contributed by atoms with Gasteiger partial charge in [-0.05, 0) is 56.2 Å². The molecule has 1 saturated carbocycles. The molecule has 0 bridgehead atoms. The number of ether oxygens (including phenoxy) is 2. The molecule has 29 heavy (non-hydrogen) atoms. The maximum atomic E-state index is 13.0. The molecule has 2 unspecified atom stereocenters. The summed E-state index contributed by atoms with van der Waals surface area (Å²) in [4.78, 5) is 24.8. The standard InChI is InChI=1S/C21H28Cl2N2O4/c1-24-20(27)25-19(26)15(14-7-8-16(22)17(23)12-14)13-21(9-3-4-10-21)29-18-6-2-5-11-28-18/h7-8,12,15,18H,2-6,9-11,13H2,1H3,(H2,24,25,26,27). The molecule has 2 fully saturated rings. The Kier molecular flexibility index (Phi) is 7.79. The fraction of sp³-hybridized carbons (Fsp3) is 0.619. The number of carbonyl (C=O) groups excluding carboxylic acids is 2. The van der Waals surface area contributed by atoms with Gasteiger partial charge in [0.05, 0.1) is 21.6 Å². The second kappa shape index (κ2) is 10.1. The van der Waals surface area contributed by atoms with E-state index in [0.717, 1.165) is 44.9 Å². The van der Waals surface area contributed by atoms with Gasteiger partial charge < -0.3 is 14.8 Å². The number of nitrogens with one attached hydrogen (secondary N) is 2. The first kappa shape index (κ1) is 22.3. The summed E-state index contributed by atoms with van der Waals surface area (Å²) in [6.07, 6.45) is 7.00. The molecule has 1 aliphatic carbocycles. The summed E-state index contributed by atoms with van der Waals surface area (Å²) in [6, 6.07) is 4.60. The van der Waals surface area contributed by atoms with Crippen LogP contribution in [-0.4, -0.2) is 37.5 Å². The Morgan fingerprint density at radius 2 is 1.97 bits per heavy atom. The quantitative estimate of drug-likeness (QED) is 0.664. The van der Waals surface area contributed by atoms with Crippen LogP contribution in [0.2, 0.25) is 10.0 Å². The van der Waals surface area contributed by atoms with Crippen LogP contribution in [0.1, 0.15) is 62.8 Å². The minimum absolute atomic E-state index is 0.238. The van der Waals surface area contributed by atoms with E-state index in [4.69, 9.17) is 32.7 Å². The molecule has 6 nitrogen and oxygen atoms in total. The highest BCUT2D eigenvalue weighted by Gasteiger charge is 2.42. The molecule has 2 atom stereocenters. The van der Waals surface area contributed by atoms with Crippen molar-refractivity contribution in [3.8, 4) is 0 Å². The summed E-state index contributed by atoms with van der Waals surface area (Å²) < 4.78 is 12.3. The molecule has 3 amide bonds. The fourth-order valence-corrected chi connectivity index (χ4v) is 4.50. The van der Waals surface area contributed by atoms with E-state index in [1.165, 1.54) is 7.05 Å². The first-order valence-corrected chi connectivity index (χ1v) is 10.9. The lowest BCUT2D eigenvalue weighted by Crippen LogP contribution is -2.44. The summed E-state index contributed by atoms with van der Waals surface area (Å²) in [5.41, 5.74) is 0.249. The number of imide groups is 1. The maximum absolute atomic E-state index is 13.0. The Morgan fingerprint density at radius 3 is 2.59 bits per heavy atom. The lowest BCUT2D eigenvalue weighted by Gasteiger charge is -2.37. The number of urea groups is 1. The number of benzene rings is 1.